The van der Waals surface area contributed by atoms with Crippen molar-refractivity contribution in [1.29, 1.82) is 5.26 Å². The van der Waals surface area contributed by atoms with Crippen molar-refractivity contribution >= 4 is 34.1 Å². The topological polar surface area (TPSA) is 23.8 Å². The Morgan fingerprint density at radius 3 is 3.07 bits per heavy atom. The fraction of sp³-hybridized carbons (Fsp3) is 0.100. The Labute approximate surface area is 90.2 Å². The third-order valence-corrected chi connectivity index (χ3v) is 3.31. The standard InChI is InChI=1S/C10H6FNS2/c11-9-7-2-4-14-10(7)6(1-3-12)5-8(9)13/h2,4-5,13H,1H2. The minimum Gasteiger partial charge on any atom is -0.205 e. The predicted molar refractivity (Wildman–Crippen MR) is 58.4 cm³/mol. The van der Waals surface area contributed by atoms with E-state index in [4.69, 9.17) is 5.26 Å². The maximum atomic E-state index is 13.5. The van der Waals surface area contributed by atoms with Gasteiger partial charge in [0.1, 0.15) is 5.82 Å². The quantitative estimate of drug-likeness (QED) is 0.736. The van der Waals surface area contributed by atoms with Gasteiger partial charge in [-0.3, -0.25) is 0 Å². The molecule has 0 unspecified atom stereocenters. The van der Waals surface area contributed by atoms with Gasteiger partial charge in [0.25, 0.3) is 0 Å². The molecule has 0 saturated carbocycles. The van der Waals surface area contributed by atoms with Crippen molar-refractivity contribution in [3.05, 3.63) is 28.9 Å². The van der Waals surface area contributed by atoms with Gasteiger partial charge in [-0.1, -0.05) is 0 Å². The van der Waals surface area contributed by atoms with Gasteiger partial charge in [0.05, 0.1) is 12.5 Å². The van der Waals surface area contributed by atoms with Gasteiger partial charge in [0, 0.05) is 15.0 Å². The second-order valence-corrected chi connectivity index (χ2v) is 4.27. The Balaban J connectivity index is 2.79. The zero-order valence-corrected chi connectivity index (χ0v) is 8.83. The van der Waals surface area contributed by atoms with Crippen LogP contribution in [0.5, 0.6) is 0 Å². The second kappa shape index (κ2) is 3.60. The SMILES string of the molecule is N#CCc1cc(S)c(F)c2ccsc12. The molecule has 2 aromatic rings. The van der Waals surface area contributed by atoms with E-state index in [0.29, 0.717) is 16.7 Å². The van der Waals surface area contributed by atoms with Gasteiger partial charge >= 0.3 is 0 Å². The van der Waals surface area contributed by atoms with Crippen LogP contribution in [0.3, 0.4) is 0 Å². The van der Waals surface area contributed by atoms with E-state index in [2.05, 4.69) is 18.7 Å². The van der Waals surface area contributed by atoms with Gasteiger partial charge in [-0.15, -0.1) is 24.0 Å². The average Bonchev–Trinajstić information content (AvgIpc) is 2.63. The maximum absolute atomic E-state index is 13.5. The van der Waals surface area contributed by atoms with Crippen LogP contribution in [0.4, 0.5) is 4.39 Å². The van der Waals surface area contributed by atoms with Crippen LogP contribution in [0.25, 0.3) is 10.1 Å². The summed E-state index contributed by atoms with van der Waals surface area (Å²) in [6.07, 6.45) is 0.296. The third-order valence-electron chi connectivity index (χ3n) is 2.00. The predicted octanol–water partition coefficient (Wildman–Crippen LogP) is 3.40. The Bertz CT molecular complexity index is 525. The molecule has 70 valence electrons. The molecule has 0 aliphatic carbocycles. The first-order valence-electron chi connectivity index (χ1n) is 3.98. The van der Waals surface area contributed by atoms with Gasteiger partial charge in [-0.05, 0) is 23.1 Å². The van der Waals surface area contributed by atoms with E-state index in [-0.39, 0.29) is 5.82 Å². The van der Waals surface area contributed by atoms with Crippen molar-refractivity contribution in [2.24, 2.45) is 0 Å². The summed E-state index contributed by atoms with van der Waals surface area (Å²) in [7, 11) is 0. The molecule has 0 N–H and O–H groups in total. The van der Waals surface area contributed by atoms with Crippen molar-refractivity contribution < 1.29 is 4.39 Å². The number of halogens is 1. The molecule has 0 atom stereocenters. The van der Waals surface area contributed by atoms with Crippen LogP contribution >= 0.6 is 24.0 Å². The average molecular weight is 223 g/mol. The summed E-state index contributed by atoms with van der Waals surface area (Å²) in [5.41, 5.74) is 0.851. The molecule has 0 saturated heterocycles. The fourth-order valence-electron chi connectivity index (χ4n) is 1.38. The van der Waals surface area contributed by atoms with E-state index < -0.39 is 0 Å². The van der Waals surface area contributed by atoms with Crippen LogP contribution in [0.1, 0.15) is 5.56 Å². The van der Waals surface area contributed by atoms with E-state index >= 15 is 0 Å². The van der Waals surface area contributed by atoms with Crippen LogP contribution in [-0.4, -0.2) is 0 Å². The summed E-state index contributed by atoms with van der Waals surface area (Å²) in [6.45, 7) is 0. The lowest BCUT2D eigenvalue weighted by molar-refractivity contribution is 0.615. The highest BCUT2D eigenvalue weighted by molar-refractivity contribution is 7.80. The van der Waals surface area contributed by atoms with Crippen LogP contribution in [0, 0.1) is 17.1 Å². The van der Waals surface area contributed by atoms with Crippen molar-refractivity contribution in [2.75, 3.05) is 0 Å². The number of thiol groups is 1. The summed E-state index contributed by atoms with van der Waals surface area (Å²) in [4.78, 5) is 0.307. The number of benzene rings is 1. The van der Waals surface area contributed by atoms with Gasteiger partial charge in [0.15, 0.2) is 0 Å². The zero-order valence-electron chi connectivity index (χ0n) is 7.12. The number of rotatable bonds is 1. The number of nitriles is 1. The highest BCUT2D eigenvalue weighted by Gasteiger charge is 2.10. The summed E-state index contributed by atoms with van der Waals surface area (Å²) >= 11 is 5.48. The zero-order chi connectivity index (χ0) is 10.1. The van der Waals surface area contributed by atoms with Gasteiger partial charge in [0.2, 0.25) is 0 Å². The summed E-state index contributed by atoms with van der Waals surface area (Å²) in [5.74, 6) is -0.300. The maximum Gasteiger partial charge on any atom is 0.145 e. The molecule has 2 rings (SSSR count). The number of nitrogens with zero attached hydrogens (tertiary/aromatic N) is 1. The number of hydrogen-bond donors (Lipinski definition) is 1. The van der Waals surface area contributed by atoms with Gasteiger partial charge in [-0.2, -0.15) is 5.26 Å². The number of hydrogen-bond acceptors (Lipinski definition) is 3. The van der Waals surface area contributed by atoms with Crippen molar-refractivity contribution in [3.8, 4) is 6.07 Å². The molecule has 0 spiro atoms. The molecule has 14 heavy (non-hydrogen) atoms. The smallest absolute Gasteiger partial charge is 0.145 e. The molecule has 1 aromatic heterocycles. The van der Waals surface area contributed by atoms with Gasteiger partial charge < -0.3 is 0 Å². The molecule has 4 heteroatoms. The molecule has 1 aromatic carbocycles. The molecule has 0 fully saturated rings. The van der Waals surface area contributed by atoms with Crippen molar-refractivity contribution in [1.82, 2.24) is 0 Å². The molecule has 0 aliphatic rings. The van der Waals surface area contributed by atoms with Crippen molar-refractivity contribution in [2.45, 2.75) is 11.3 Å². The number of thiophene rings is 1. The summed E-state index contributed by atoms with van der Waals surface area (Å²) in [5, 5.41) is 11.0. The summed E-state index contributed by atoms with van der Waals surface area (Å²) in [6, 6.07) is 5.41. The molecule has 0 amide bonds. The Morgan fingerprint density at radius 2 is 2.36 bits per heavy atom. The second-order valence-electron chi connectivity index (χ2n) is 2.87. The highest BCUT2D eigenvalue weighted by atomic mass is 32.1. The van der Waals surface area contributed by atoms with E-state index in [1.165, 1.54) is 11.3 Å². The van der Waals surface area contributed by atoms with Crippen LogP contribution in [0.15, 0.2) is 22.4 Å². The molecule has 1 nitrogen and oxygen atoms in total. The minimum absolute atomic E-state index is 0.296. The first-order chi connectivity index (χ1) is 6.74. The third kappa shape index (κ3) is 1.39. The molecule has 0 bridgehead atoms. The normalized spacial score (nSPS) is 10.4. The highest BCUT2D eigenvalue weighted by Crippen LogP contribution is 2.31. The largest absolute Gasteiger partial charge is 0.205 e. The van der Waals surface area contributed by atoms with Crippen LogP contribution in [0.2, 0.25) is 0 Å². The van der Waals surface area contributed by atoms with Crippen LogP contribution in [-0.2, 0) is 6.42 Å². The van der Waals surface area contributed by atoms with Gasteiger partial charge in [-0.25, -0.2) is 4.39 Å². The summed E-state index contributed by atoms with van der Waals surface area (Å²) < 4.78 is 14.3. The monoisotopic (exact) mass is 223 g/mol. The van der Waals surface area contributed by atoms with E-state index in [1.54, 1.807) is 12.1 Å². The molecule has 0 radical (unpaired) electrons. The lowest BCUT2D eigenvalue weighted by Crippen LogP contribution is -1.86. The molecule has 1 heterocycles. The van der Waals surface area contributed by atoms with Crippen molar-refractivity contribution in [3.63, 3.8) is 0 Å². The Kier molecular flexibility index (Phi) is 2.44. The molecular weight excluding hydrogens is 217 g/mol. The first kappa shape index (κ1) is 9.50. The van der Waals surface area contributed by atoms with E-state index in [9.17, 15) is 4.39 Å². The molecule has 0 aliphatic heterocycles. The Morgan fingerprint density at radius 1 is 1.57 bits per heavy atom. The lowest BCUT2D eigenvalue weighted by Gasteiger charge is -2.02. The number of fused-ring (bicyclic) bond motifs is 1. The van der Waals surface area contributed by atoms with E-state index in [0.717, 1.165) is 10.3 Å². The first-order valence-corrected chi connectivity index (χ1v) is 5.31. The minimum atomic E-state index is -0.300. The van der Waals surface area contributed by atoms with E-state index in [1.807, 2.05) is 5.38 Å². The Hall–Kier alpha value is -1.05. The molecular formula is C10H6FNS2. The fourth-order valence-corrected chi connectivity index (χ4v) is 2.56. The van der Waals surface area contributed by atoms with Crippen LogP contribution < -0.4 is 0 Å². The lowest BCUT2D eigenvalue weighted by atomic mass is 10.1.